The number of hydrogen-bond donors (Lipinski definition) is 1. The van der Waals surface area contributed by atoms with Crippen LogP contribution in [0.25, 0.3) is 11.1 Å². The molecule has 1 saturated heterocycles. The monoisotopic (exact) mass is 375 g/mol. The third kappa shape index (κ3) is 3.20. The fourth-order valence-corrected chi connectivity index (χ4v) is 4.18. The Bertz CT molecular complexity index is 939. The van der Waals surface area contributed by atoms with Crippen molar-refractivity contribution in [2.24, 2.45) is 0 Å². The lowest BCUT2D eigenvalue weighted by molar-refractivity contribution is -0.125. The maximum atomic E-state index is 13.3. The van der Waals surface area contributed by atoms with Crippen molar-refractivity contribution in [3.8, 4) is 0 Å². The number of hydrogen-bond acceptors (Lipinski definition) is 4. The first-order valence-electron chi connectivity index (χ1n) is 10.2. The molecule has 2 fully saturated rings. The molecule has 144 valence electrons. The summed E-state index contributed by atoms with van der Waals surface area (Å²) in [6.45, 7) is 3.06. The van der Waals surface area contributed by atoms with E-state index in [1.54, 1.807) is 0 Å². The molecule has 1 aliphatic carbocycles. The quantitative estimate of drug-likeness (QED) is 0.712. The molecule has 0 radical (unpaired) electrons. The molecule has 1 aliphatic heterocycles. The van der Waals surface area contributed by atoms with Crippen LogP contribution in [0.5, 0.6) is 0 Å². The summed E-state index contributed by atoms with van der Waals surface area (Å²) in [6, 6.07) is 18.0. The summed E-state index contributed by atoms with van der Waals surface area (Å²) in [5.41, 5.74) is 2.09. The number of rotatable bonds is 6. The Balaban J connectivity index is 1.39. The van der Waals surface area contributed by atoms with Crippen LogP contribution in [-0.2, 0) is 10.2 Å². The van der Waals surface area contributed by atoms with Crippen molar-refractivity contribution in [1.82, 2.24) is 15.2 Å². The zero-order chi connectivity index (χ0) is 19.0. The number of carbonyl (C=O) groups is 1. The molecule has 1 atom stereocenters. The van der Waals surface area contributed by atoms with E-state index in [0.717, 1.165) is 49.1 Å². The van der Waals surface area contributed by atoms with Gasteiger partial charge in [-0.2, -0.15) is 0 Å². The average molecular weight is 375 g/mol. The van der Waals surface area contributed by atoms with Gasteiger partial charge in [0, 0.05) is 6.54 Å². The van der Waals surface area contributed by atoms with E-state index in [1.165, 1.54) is 12.8 Å². The lowest BCUT2D eigenvalue weighted by Crippen LogP contribution is -2.42. The van der Waals surface area contributed by atoms with Crippen LogP contribution < -0.4 is 5.32 Å². The van der Waals surface area contributed by atoms with Gasteiger partial charge in [-0.05, 0) is 56.5 Å². The maximum Gasteiger partial charge on any atom is 0.236 e. The lowest BCUT2D eigenvalue weighted by atomic mass is 10.0. The van der Waals surface area contributed by atoms with Gasteiger partial charge in [0.15, 0.2) is 5.58 Å². The number of benzene rings is 2. The van der Waals surface area contributed by atoms with Gasteiger partial charge in [0.05, 0.1) is 6.04 Å². The largest absolute Gasteiger partial charge is 0.440 e. The highest BCUT2D eigenvalue weighted by Gasteiger charge is 2.56. The highest BCUT2D eigenvalue weighted by atomic mass is 16.4. The number of oxazole rings is 1. The third-order valence-electron chi connectivity index (χ3n) is 6.03. The molecule has 1 saturated carbocycles. The zero-order valence-electron chi connectivity index (χ0n) is 15.9. The second-order valence-corrected chi connectivity index (χ2v) is 8.01. The van der Waals surface area contributed by atoms with Gasteiger partial charge in [-0.3, -0.25) is 4.79 Å². The Morgan fingerprint density at radius 1 is 1.07 bits per heavy atom. The van der Waals surface area contributed by atoms with Gasteiger partial charge in [0.2, 0.25) is 11.8 Å². The summed E-state index contributed by atoms with van der Waals surface area (Å²) in [5, 5.41) is 3.33. The molecule has 1 N–H and O–H groups in total. The summed E-state index contributed by atoms with van der Waals surface area (Å²) in [7, 11) is 0. The van der Waals surface area contributed by atoms with Crippen molar-refractivity contribution in [2.75, 3.05) is 19.6 Å². The molecule has 0 spiro atoms. The van der Waals surface area contributed by atoms with E-state index in [9.17, 15) is 4.79 Å². The molecule has 2 aliphatic rings. The van der Waals surface area contributed by atoms with Gasteiger partial charge in [-0.15, -0.1) is 0 Å². The second kappa shape index (κ2) is 7.06. The van der Waals surface area contributed by atoms with E-state index in [0.29, 0.717) is 5.89 Å². The maximum absolute atomic E-state index is 13.3. The second-order valence-electron chi connectivity index (χ2n) is 8.01. The smallest absolute Gasteiger partial charge is 0.236 e. The SMILES string of the molecule is O=C(NC(CN1CCCC1)c1ccccc1)C1(c2nc3ccccc3o2)CC1. The number of para-hydroxylation sites is 2. The van der Waals surface area contributed by atoms with Crippen LogP contribution in [0.2, 0.25) is 0 Å². The van der Waals surface area contributed by atoms with Crippen molar-refractivity contribution < 1.29 is 9.21 Å². The highest BCUT2D eigenvalue weighted by Crippen LogP contribution is 2.49. The molecule has 1 amide bonds. The fraction of sp³-hybridized carbons (Fsp3) is 0.391. The number of amides is 1. The summed E-state index contributed by atoms with van der Waals surface area (Å²) in [5.74, 6) is 0.589. The van der Waals surface area contributed by atoms with Crippen LogP contribution in [-0.4, -0.2) is 35.4 Å². The van der Waals surface area contributed by atoms with Crippen molar-refractivity contribution in [3.05, 3.63) is 66.1 Å². The standard InChI is InChI=1S/C23H25N3O2/c27-21(23(12-13-23)22-25-18-10-4-5-11-20(18)28-22)24-19(16-26-14-6-7-15-26)17-8-2-1-3-9-17/h1-5,8-11,19H,6-7,12-16H2,(H,24,27). The number of aromatic nitrogens is 1. The molecule has 0 bridgehead atoms. The molecule has 2 aromatic carbocycles. The number of fused-ring (bicyclic) bond motifs is 1. The minimum Gasteiger partial charge on any atom is -0.440 e. The first kappa shape index (κ1) is 17.4. The fourth-order valence-electron chi connectivity index (χ4n) is 4.18. The lowest BCUT2D eigenvalue weighted by Gasteiger charge is -2.26. The molecule has 2 heterocycles. The van der Waals surface area contributed by atoms with Crippen LogP contribution in [0.1, 0.15) is 43.2 Å². The Labute approximate surface area is 164 Å². The van der Waals surface area contributed by atoms with E-state index in [-0.39, 0.29) is 11.9 Å². The highest BCUT2D eigenvalue weighted by molar-refractivity contribution is 5.91. The predicted molar refractivity (Wildman–Crippen MR) is 108 cm³/mol. The summed E-state index contributed by atoms with van der Waals surface area (Å²) in [6.07, 6.45) is 4.05. The summed E-state index contributed by atoms with van der Waals surface area (Å²) >= 11 is 0. The van der Waals surface area contributed by atoms with Crippen LogP contribution in [0.15, 0.2) is 59.0 Å². The van der Waals surface area contributed by atoms with Crippen molar-refractivity contribution >= 4 is 17.0 Å². The summed E-state index contributed by atoms with van der Waals surface area (Å²) < 4.78 is 5.95. The molecular formula is C23H25N3O2. The molecule has 3 aromatic rings. The average Bonchev–Trinajstić information content (AvgIpc) is 3.17. The Hall–Kier alpha value is -2.66. The van der Waals surface area contributed by atoms with Gasteiger partial charge in [0.1, 0.15) is 10.9 Å². The van der Waals surface area contributed by atoms with E-state index in [2.05, 4.69) is 27.3 Å². The number of nitrogens with one attached hydrogen (secondary N) is 1. The molecule has 5 rings (SSSR count). The minimum atomic E-state index is -0.614. The van der Waals surface area contributed by atoms with Crippen LogP contribution >= 0.6 is 0 Å². The van der Waals surface area contributed by atoms with Crippen LogP contribution in [0, 0.1) is 0 Å². The van der Waals surface area contributed by atoms with E-state index in [1.807, 2.05) is 42.5 Å². The molecule has 1 unspecified atom stereocenters. The third-order valence-corrected chi connectivity index (χ3v) is 6.03. The van der Waals surface area contributed by atoms with E-state index >= 15 is 0 Å². The van der Waals surface area contributed by atoms with E-state index in [4.69, 9.17) is 4.42 Å². The van der Waals surface area contributed by atoms with Crippen molar-refractivity contribution in [1.29, 1.82) is 0 Å². The van der Waals surface area contributed by atoms with Gasteiger partial charge in [0.25, 0.3) is 0 Å². The first-order chi connectivity index (χ1) is 13.7. The van der Waals surface area contributed by atoms with Crippen molar-refractivity contribution in [3.63, 3.8) is 0 Å². The molecule has 5 nitrogen and oxygen atoms in total. The normalized spacial score (nSPS) is 19.6. The number of nitrogens with zero attached hydrogens (tertiary/aromatic N) is 2. The number of carbonyl (C=O) groups excluding carboxylic acids is 1. The molecular weight excluding hydrogens is 350 g/mol. The van der Waals surface area contributed by atoms with Gasteiger partial charge in [-0.25, -0.2) is 4.98 Å². The molecule has 5 heteroatoms. The van der Waals surface area contributed by atoms with E-state index < -0.39 is 5.41 Å². The topological polar surface area (TPSA) is 58.4 Å². The minimum absolute atomic E-state index is 0.0198. The Morgan fingerprint density at radius 3 is 2.50 bits per heavy atom. The van der Waals surface area contributed by atoms with Gasteiger partial charge >= 0.3 is 0 Å². The van der Waals surface area contributed by atoms with Crippen LogP contribution in [0.3, 0.4) is 0 Å². The van der Waals surface area contributed by atoms with Crippen LogP contribution in [0.4, 0.5) is 0 Å². The Morgan fingerprint density at radius 2 is 1.79 bits per heavy atom. The Kier molecular flexibility index (Phi) is 4.40. The molecule has 1 aromatic heterocycles. The van der Waals surface area contributed by atoms with Crippen molar-refractivity contribution in [2.45, 2.75) is 37.1 Å². The zero-order valence-corrected chi connectivity index (χ0v) is 15.9. The van der Waals surface area contributed by atoms with Gasteiger partial charge < -0.3 is 14.6 Å². The predicted octanol–water partition coefficient (Wildman–Crippen LogP) is 3.81. The summed E-state index contributed by atoms with van der Waals surface area (Å²) in [4.78, 5) is 20.4. The van der Waals surface area contributed by atoms with Gasteiger partial charge in [-0.1, -0.05) is 42.5 Å². The number of likely N-dealkylation sites (tertiary alicyclic amines) is 1. The molecule has 28 heavy (non-hydrogen) atoms. The first-order valence-corrected chi connectivity index (χ1v) is 10.2.